The van der Waals surface area contributed by atoms with Crippen LogP contribution in [0.2, 0.25) is 0 Å². The van der Waals surface area contributed by atoms with E-state index in [1.54, 1.807) is 11.6 Å². The van der Waals surface area contributed by atoms with Gasteiger partial charge in [0.25, 0.3) is 5.91 Å². The average Bonchev–Trinajstić information content (AvgIpc) is 3.53. The highest BCUT2D eigenvalue weighted by Crippen LogP contribution is 2.33. The minimum atomic E-state index is -2.03. The van der Waals surface area contributed by atoms with Crippen LogP contribution in [-0.2, 0) is 14.3 Å². The summed E-state index contributed by atoms with van der Waals surface area (Å²) in [6, 6.07) is 4.11. The van der Waals surface area contributed by atoms with Gasteiger partial charge in [-0.1, -0.05) is 11.8 Å². The van der Waals surface area contributed by atoms with Gasteiger partial charge in [0.1, 0.15) is 17.3 Å². The maximum absolute atomic E-state index is 15.1. The summed E-state index contributed by atoms with van der Waals surface area (Å²) in [4.78, 5) is 27.3. The van der Waals surface area contributed by atoms with Gasteiger partial charge in [-0.15, -0.1) is 5.10 Å². The molecule has 0 spiro atoms. The van der Waals surface area contributed by atoms with Crippen LogP contribution in [0.15, 0.2) is 31.1 Å². The SMILES string of the molecule is C=CC(=O)N1CC(F)(C(=O)N2CCC(n3nnc(-c4cc(NCCOC)c5c(C#N)cnn5c4)c3C)CC2)C1. The molecule has 5 rings (SSSR count). The summed E-state index contributed by atoms with van der Waals surface area (Å²) in [6.45, 7) is 6.71. The van der Waals surface area contributed by atoms with E-state index in [9.17, 15) is 14.9 Å². The Hall–Kier alpha value is -4.31. The van der Waals surface area contributed by atoms with Crippen LogP contribution in [0, 0.1) is 18.3 Å². The van der Waals surface area contributed by atoms with Gasteiger partial charge < -0.3 is 19.9 Å². The van der Waals surface area contributed by atoms with Gasteiger partial charge in [-0.05, 0) is 31.9 Å². The van der Waals surface area contributed by atoms with Crippen molar-refractivity contribution in [1.29, 1.82) is 5.26 Å². The molecule has 1 N–H and O–H groups in total. The number of pyridine rings is 1. The molecule has 2 saturated heterocycles. The first-order chi connectivity index (χ1) is 18.8. The number of halogens is 1. The molecular formula is C26H30FN9O3. The zero-order valence-corrected chi connectivity index (χ0v) is 21.9. The number of hydrogen-bond donors (Lipinski definition) is 1. The molecule has 0 aromatic carbocycles. The van der Waals surface area contributed by atoms with Gasteiger partial charge in [0.05, 0.1) is 48.9 Å². The van der Waals surface area contributed by atoms with E-state index in [4.69, 9.17) is 4.74 Å². The van der Waals surface area contributed by atoms with Gasteiger partial charge in [-0.3, -0.25) is 9.59 Å². The highest BCUT2D eigenvalue weighted by atomic mass is 19.1. The summed E-state index contributed by atoms with van der Waals surface area (Å²) >= 11 is 0. The molecule has 2 aliphatic heterocycles. The van der Waals surface area contributed by atoms with Crippen molar-refractivity contribution >= 4 is 23.0 Å². The number of amides is 2. The lowest BCUT2D eigenvalue weighted by Crippen LogP contribution is -2.68. The number of aromatic nitrogens is 5. The summed E-state index contributed by atoms with van der Waals surface area (Å²) in [6.07, 6.45) is 5.68. The maximum Gasteiger partial charge on any atom is 0.264 e. The lowest BCUT2D eigenvalue weighted by atomic mass is 9.92. The van der Waals surface area contributed by atoms with Crippen LogP contribution in [0.1, 0.15) is 30.1 Å². The topological polar surface area (TPSA) is 134 Å². The summed E-state index contributed by atoms with van der Waals surface area (Å²) in [5.41, 5.74) is 2.16. The number of nitrogens with one attached hydrogen (secondary N) is 1. The zero-order valence-electron chi connectivity index (χ0n) is 21.9. The van der Waals surface area contributed by atoms with Crippen LogP contribution in [0.3, 0.4) is 0 Å². The van der Waals surface area contributed by atoms with E-state index in [-0.39, 0.29) is 25.0 Å². The largest absolute Gasteiger partial charge is 0.383 e. The molecule has 2 amide bonds. The molecular weight excluding hydrogens is 505 g/mol. The number of carbonyl (C=O) groups is 2. The normalized spacial score (nSPS) is 17.1. The molecule has 0 atom stereocenters. The van der Waals surface area contributed by atoms with Crippen molar-refractivity contribution in [3.8, 4) is 17.3 Å². The summed E-state index contributed by atoms with van der Waals surface area (Å²) in [5.74, 6) is -0.940. The molecule has 39 heavy (non-hydrogen) atoms. The van der Waals surface area contributed by atoms with Crippen molar-refractivity contribution in [2.75, 3.05) is 51.8 Å². The van der Waals surface area contributed by atoms with E-state index >= 15 is 4.39 Å². The van der Waals surface area contributed by atoms with Crippen molar-refractivity contribution in [1.82, 2.24) is 34.4 Å². The Morgan fingerprint density at radius 2 is 2.08 bits per heavy atom. The van der Waals surface area contributed by atoms with Crippen molar-refractivity contribution in [2.45, 2.75) is 31.5 Å². The molecule has 13 heteroatoms. The Labute approximate surface area is 224 Å². The smallest absolute Gasteiger partial charge is 0.264 e. The first-order valence-corrected chi connectivity index (χ1v) is 12.8. The van der Waals surface area contributed by atoms with Crippen LogP contribution in [0.4, 0.5) is 10.1 Å². The van der Waals surface area contributed by atoms with Gasteiger partial charge in [0.15, 0.2) is 0 Å². The van der Waals surface area contributed by atoms with Gasteiger partial charge in [0.2, 0.25) is 11.6 Å². The second kappa shape index (κ2) is 10.5. The van der Waals surface area contributed by atoms with Gasteiger partial charge in [-0.25, -0.2) is 13.6 Å². The van der Waals surface area contributed by atoms with Crippen molar-refractivity contribution in [3.63, 3.8) is 0 Å². The Kier molecular flexibility index (Phi) is 7.05. The Balaban J connectivity index is 1.30. The molecule has 3 aromatic heterocycles. The highest BCUT2D eigenvalue weighted by molar-refractivity contribution is 5.93. The minimum Gasteiger partial charge on any atom is -0.383 e. The fourth-order valence-corrected chi connectivity index (χ4v) is 5.29. The first kappa shape index (κ1) is 26.3. The van der Waals surface area contributed by atoms with E-state index in [1.807, 2.05) is 23.9 Å². The Morgan fingerprint density at radius 1 is 1.33 bits per heavy atom. The zero-order chi connectivity index (χ0) is 27.7. The fraction of sp³-hybridized carbons (Fsp3) is 0.462. The third-order valence-corrected chi connectivity index (χ3v) is 7.40. The van der Waals surface area contributed by atoms with E-state index < -0.39 is 11.6 Å². The van der Waals surface area contributed by atoms with Crippen molar-refractivity contribution < 1.29 is 18.7 Å². The molecule has 0 bridgehead atoms. The number of anilines is 1. The van der Waals surface area contributed by atoms with E-state index in [0.717, 1.165) is 23.0 Å². The predicted molar refractivity (Wildman–Crippen MR) is 139 cm³/mol. The van der Waals surface area contributed by atoms with Gasteiger partial charge in [0, 0.05) is 38.5 Å². The number of nitrogens with zero attached hydrogens (tertiary/aromatic N) is 8. The number of fused-ring (bicyclic) bond motifs is 1. The molecule has 3 aromatic rings. The van der Waals surface area contributed by atoms with Gasteiger partial charge in [-0.2, -0.15) is 10.4 Å². The second-order valence-electron chi connectivity index (χ2n) is 9.88. The highest BCUT2D eigenvalue weighted by Gasteiger charge is 2.53. The predicted octanol–water partition coefficient (Wildman–Crippen LogP) is 1.73. The number of carbonyl (C=O) groups excluding carboxylic acids is 2. The number of rotatable bonds is 8. The lowest BCUT2D eigenvalue weighted by Gasteiger charge is -2.45. The Bertz CT molecular complexity index is 1460. The summed E-state index contributed by atoms with van der Waals surface area (Å²) in [5, 5.41) is 26.0. The van der Waals surface area contributed by atoms with E-state index in [1.165, 1.54) is 16.0 Å². The molecule has 0 unspecified atom stereocenters. The molecule has 2 aliphatic rings. The third-order valence-electron chi connectivity index (χ3n) is 7.40. The molecule has 0 aliphatic carbocycles. The number of methoxy groups -OCH3 is 1. The average molecular weight is 536 g/mol. The van der Waals surface area contributed by atoms with Gasteiger partial charge >= 0.3 is 0 Å². The number of likely N-dealkylation sites (tertiary alicyclic amines) is 2. The lowest BCUT2D eigenvalue weighted by molar-refractivity contribution is -0.162. The number of hydrogen-bond acceptors (Lipinski definition) is 8. The molecule has 12 nitrogen and oxygen atoms in total. The van der Waals surface area contributed by atoms with E-state index in [2.05, 4.69) is 33.4 Å². The van der Waals surface area contributed by atoms with Crippen LogP contribution < -0.4 is 5.32 Å². The maximum atomic E-state index is 15.1. The van der Waals surface area contributed by atoms with Crippen LogP contribution in [0.25, 0.3) is 16.8 Å². The molecule has 204 valence electrons. The number of piperidine rings is 1. The summed E-state index contributed by atoms with van der Waals surface area (Å²) < 4.78 is 23.8. The number of alkyl halides is 1. The standard InChI is InChI=1S/C26H30FN9O3/c1-4-22(37)34-15-26(27,16-34)25(38)33-8-5-20(6-9-33)36-17(2)23(31-32-36)18-11-21(29-7-10-39-3)24-19(12-28)13-30-35(24)14-18/h4,11,13-14,20,29H,1,5-10,15-16H2,2-3H3. The van der Waals surface area contributed by atoms with E-state index in [0.29, 0.717) is 55.9 Å². The molecule has 0 radical (unpaired) electrons. The third kappa shape index (κ3) is 4.72. The molecule has 0 saturated carbocycles. The van der Waals surface area contributed by atoms with Crippen LogP contribution in [0.5, 0.6) is 0 Å². The molecule has 5 heterocycles. The van der Waals surface area contributed by atoms with Crippen LogP contribution in [-0.4, -0.2) is 98.3 Å². The quantitative estimate of drug-likeness (QED) is 0.341. The second-order valence-corrected chi connectivity index (χ2v) is 9.88. The number of nitriles is 1. The number of ether oxygens (including phenoxy) is 1. The van der Waals surface area contributed by atoms with Crippen LogP contribution >= 0.6 is 0 Å². The minimum absolute atomic E-state index is 0.00372. The van der Waals surface area contributed by atoms with Crippen molar-refractivity contribution in [3.05, 3.63) is 42.4 Å². The molecule has 2 fully saturated rings. The van der Waals surface area contributed by atoms with Crippen molar-refractivity contribution in [2.24, 2.45) is 0 Å². The monoisotopic (exact) mass is 535 g/mol. The first-order valence-electron chi connectivity index (χ1n) is 12.8. The fourth-order valence-electron chi connectivity index (χ4n) is 5.29. The summed E-state index contributed by atoms with van der Waals surface area (Å²) in [7, 11) is 1.62. The Morgan fingerprint density at radius 3 is 2.74 bits per heavy atom.